The fourth-order valence-corrected chi connectivity index (χ4v) is 3.15. The van der Waals surface area contributed by atoms with Gasteiger partial charge >= 0.3 is 0 Å². The van der Waals surface area contributed by atoms with E-state index in [9.17, 15) is 14.0 Å². The van der Waals surface area contributed by atoms with Crippen LogP contribution in [-0.4, -0.2) is 25.1 Å². The van der Waals surface area contributed by atoms with E-state index in [4.69, 9.17) is 11.6 Å². The molecule has 0 radical (unpaired) electrons. The van der Waals surface area contributed by atoms with Crippen LogP contribution in [0, 0.1) is 12.7 Å². The number of hydrogen-bond acceptors (Lipinski definition) is 4. The number of fused-ring (bicyclic) bond motifs is 1. The molecule has 0 unspecified atom stereocenters. The van der Waals surface area contributed by atoms with Gasteiger partial charge in [0.25, 0.3) is 5.56 Å². The van der Waals surface area contributed by atoms with Crippen LogP contribution < -0.4 is 10.9 Å². The molecule has 1 amide bonds. The Hall–Kier alpha value is -3.52. The lowest BCUT2D eigenvalue weighted by atomic mass is 10.2. The van der Waals surface area contributed by atoms with Gasteiger partial charge in [0.1, 0.15) is 12.4 Å². The van der Waals surface area contributed by atoms with E-state index in [1.54, 1.807) is 35.8 Å². The van der Waals surface area contributed by atoms with Crippen LogP contribution >= 0.6 is 11.6 Å². The molecule has 9 heteroatoms. The summed E-state index contributed by atoms with van der Waals surface area (Å²) in [5, 5.41) is 7.40. The molecule has 0 spiro atoms. The van der Waals surface area contributed by atoms with Crippen molar-refractivity contribution >= 4 is 29.0 Å². The molecule has 146 valence electrons. The van der Waals surface area contributed by atoms with E-state index in [2.05, 4.69) is 15.4 Å². The van der Waals surface area contributed by atoms with Crippen LogP contribution in [0.2, 0.25) is 5.02 Å². The predicted octanol–water partition coefficient (Wildman–Crippen LogP) is 3.30. The molecule has 2 aromatic heterocycles. The van der Waals surface area contributed by atoms with Crippen molar-refractivity contribution in [3.05, 3.63) is 81.5 Å². The van der Waals surface area contributed by atoms with Crippen LogP contribution in [0.5, 0.6) is 0 Å². The summed E-state index contributed by atoms with van der Waals surface area (Å²) in [5.74, 6) is -0.241. The van der Waals surface area contributed by atoms with Gasteiger partial charge in [-0.3, -0.25) is 9.59 Å². The predicted molar refractivity (Wildman–Crippen MR) is 107 cm³/mol. The summed E-state index contributed by atoms with van der Waals surface area (Å²) in [7, 11) is 0. The summed E-state index contributed by atoms with van der Waals surface area (Å²) < 4.78 is 15.7. The lowest BCUT2D eigenvalue weighted by Gasteiger charge is -2.11. The number of anilines is 1. The van der Waals surface area contributed by atoms with Crippen molar-refractivity contribution in [2.24, 2.45) is 0 Å². The number of halogens is 2. The molecule has 0 aliphatic rings. The third kappa shape index (κ3) is 3.74. The van der Waals surface area contributed by atoms with Gasteiger partial charge in [0.15, 0.2) is 5.82 Å². The van der Waals surface area contributed by atoms with Crippen molar-refractivity contribution in [1.82, 2.24) is 19.2 Å². The molecule has 4 aromatic rings. The number of carbonyl (C=O) groups is 1. The third-order valence-corrected chi connectivity index (χ3v) is 4.67. The largest absolute Gasteiger partial charge is 0.325 e. The zero-order valence-electron chi connectivity index (χ0n) is 15.3. The van der Waals surface area contributed by atoms with Crippen LogP contribution in [0.15, 0.2) is 59.4 Å². The number of carbonyl (C=O) groups excluding carboxylic acids is 1. The fourth-order valence-electron chi connectivity index (χ4n) is 2.93. The average Bonchev–Trinajstić information content (AvgIpc) is 3.13. The van der Waals surface area contributed by atoms with Crippen molar-refractivity contribution in [3.8, 4) is 11.4 Å². The molecule has 4 rings (SSSR count). The molecule has 0 aliphatic carbocycles. The van der Waals surface area contributed by atoms with Crippen molar-refractivity contribution in [1.29, 1.82) is 0 Å². The number of aryl methyl sites for hydroxylation is 1. The topological polar surface area (TPSA) is 81.3 Å². The minimum atomic E-state index is -0.392. The third-order valence-electron chi connectivity index (χ3n) is 4.34. The van der Waals surface area contributed by atoms with Crippen molar-refractivity contribution in [2.45, 2.75) is 13.5 Å². The molecule has 7 nitrogen and oxygen atoms in total. The van der Waals surface area contributed by atoms with Crippen LogP contribution in [0.4, 0.5) is 10.1 Å². The molecule has 0 fully saturated rings. The molecular weight excluding hydrogens is 397 g/mol. The standard InChI is InChI=1S/C20H15ClFN5O2/c1-12-10-18(29)27-20(24-19(25-27)15-4-2-3-5-16(15)21)26(12)11-17(28)23-14-8-6-13(22)7-9-14/h2-10H,11H2,1H3,(H,23,28). The Balaban J connectivity index is 1.72. The van der Waals surface area contributed by atoms with Gasteiger partial charge in [0.05, 0.1) is 5.02 Å². The first-order valence-corrected chi connectivity index (χ1v) is 9.08. The van der Waals surface area contributed by atoms with Crippen LogP contribution in [0.3, 0.4) is 0 Å². The average molecular weight is 412 g/mol. The van der Waals surface area contributed by atoms with Gasteiger partial charge in [-0.05, 0) is 43.3 Å². The highest BCUT2D eigenvalue weighted by atomic mass is 35.5. The SMILES string of the molecule is Cc1cc(=O)n2nc(-c3ccccc3Cl)nc2n1CC(=O)Nc1ccc(F)cc1. The number of aromatic nitrogens is 4. The molecule has 0 saturated carbocycles. The number of nitrogens with one attached hydrogen (secondary N) is 1. The molecule has 2 aromatic carbocycles. The maximum atomic E-state index is 13.0. The van der Waals surface area contributed by atoms with Gasteiger partial charge in [-0.25, -0.2) is 4.39 Å². The second kappa shape index (κ2) is 7.48. The van der Waals surface area contributed by atoms with Crippen LogP contribution in [-0.2, 0) is 11.3 Å². The van der Waals surface area contributed by atoms with E-state index in [1.165, 1.54) is 30.3 Å². The number of nitrogens with zero attached hydrogens (tertiary/aromatic N) is 4. The van der Waals surface area contributed by atoms with Gasteiger partial charge < -0.3 is 9.88 Å². The van der Waals surface area contributed by atoms with Crippen molar-refractivity contribution < 1.29 is 9.18 Å². The second-order valence-electron chi connectivity index (χ2n) is 6.39. The zero-order valence-corrected chi connectivity index (χ0v) is 16.0. The first-order valence-electron chi connectivity index (χ1n) is 8.70. The Morgan fingerprint density at radius 1 is 1.17 bits per heavy atom. The van der Waals surface area contributed by atoms with E-state index in [0.717, 1.165) is 4.52 Å². The van der Waals surface area contributed by atoms with E-state index in [1.807, 2.05) is 0 Å². The van der Waals surface area contributed by atoms with Gasteiger partial charge in [-0.2, -0.15) is 9.50 Å². The number of amides is 1. The lowest BCUT2D eigenvalue weighted by molar-refractivity contribution is -0.116. The highest BCUT2D eigenvalue weighted by Gasteiger charge is 2.17. The zero-order chi connectivity index (χ0) is 20.5. The van der Waals surface area contributed by atoms with Gasteiger partial charge in [0.2, 0.25) is 11.7 Å². The Labute approximate surface area is 169 Å². The number of rotatable bonds is 4. The summed E-state index contributed by atoms with van der Waals surface area (Å²) in [5.41, 5.74) is 1.23. The molecule has 29 heavy (non-hydrogen) atoms. The monoisotopic (exact) mass is 411 g/mol. The summed E-state index contributed by atoms with van der Waals surface area (Å²) >= 11 is 6.22. The molecule has 0 saturated heterocycles. The quantitative estimate of drug-likeness (QED) is 0.558. The molecule has 0 atom stereocenters. The summed E-state index contributed by atoms with van der Waals surface area (Å²) in [6.45, 7) is 1.60. The Morgan fingerprint density at radius 2 is 1.90 bits per heavy atom. The highest BCUT2D eigenvalue weighted by molar-refractivity contribution is 6.33. The smallest absolute Gasteiger partial charge is 0.275 e. The molecular formula is C20H15ClFN5O2. The van der Waals surface area contributed by atoms with E-state index in [0.29, 0.717) is 22.0 Å². The van der Waals surface area contributed by atoms with Crippen LogP contribution in [0.1, 0.15) is 5.69 Å². The molecule has 0 aliphatic heterocycles. The molecule has 2 heterocycles. The maximum Gasteiger partial charge on any atom is 0.275 e. The minimum absolute atomic E-state index is 0.104. The normalized spacial score (nSPS) is 11.0. The van der Waals surface area contributed by atoms with E-state index >= 15 is 0 Å². The number of hydrogen-bond donors (Lipinski definition) is 1. The summed E-state index contributed by atoms with van der Waals surface area (Å²) in [4.78, 5) is 29.3. The summed E-state index contributed by atoms with van der Waals surface area (Å²) in [6.07, 6.45) is 0. The Kier molecular flexibility index (Phi) is 4.85. The van der Waals surface area contributed by atoms with Crippen molar-refractivity contribution in [2.75, 3.05) is 5.32 Å². The first kappa shape index (κ1) is 18.8. The maximum absolute atomic E-state index is 13.0. The summed E-state index contributed by atoms with van der Waals surface area (Å²) in [6, 6.07) is 13.9. The lowest BCUT2D eigenvalue weighted by Crippen LogP contribution is -2.25. The molecule has 1 N–H and O–H groups in total. The molecule has 0 bridgehead atoms. The highest BCUT2D eigenvalue weighted by Crippen LogP contribution is 2.25. The van der Waals surface area contributed by atoms with E-state index in [-0.39, 0.29) is 29.6 Å². The second-order valence-corrected chi connectivity index (χ2v) is 6.80. The van der Waals surface area contributed by atoms with E-state index < -0.39 is 5.82 Å². The Bertz CT molecular complexity index is 1280. The fraction of sp³-hybridized carbons (Fsp3) is 0.100. The number of benzene rings is 2. The van der Waals surface area contributed by atoms with Gasteiger partial charge in [-0.1, -0.05) is 23.7 Å². The minimum Gasteiger partial charge on any atom is -0.325 e. The first-order chi connectivity index (χ1) is 13.9. The Morgan fingerprint density at radius 3 is 2.62 bits per heavy atom. The van der Waals surface area contributed by atoms with Gasteiger partial charge in [-0.15, -0.1) is 5.10 Å². The van der Waals surface area contributed by atoms with Gasteiger partial charge in [0, 0.05) is 23.0 Å². The van der Waals surface area contributed by atoms with Crippen LogP contribution in [0.25, 0.3) is 17.2 Å². The van der Waals surface area contributed by atoms with Crippen molar-refractivity contribution in [3.63, 3.8) is 0 Å².